The maximum atomic E-state index is 11.6. The molecule has 0 radical (unpaired) electrons. The molecule has 0 bridgehead atoms. The smallest absolute Gasteiger partial charge is 0.271 e. The number of hydrogen-bond acceptors (Lipinski definition) is 6. The van der Waals surface area contributed by atoms with Gasteiger partial charge in [0.15, 0.2) is 0 Å². The van der Waals surface area contributed by atoms with Crippen molar-refractivity contribution in [2.24, 2.45) is 0 Å². The maximum Gasteiger partial charge on any atom is 0.271 e. The van der Waals surface area contributed by atoms with Gasteiger partial charge in [-0.05, 0) is 36.5 Å². The van der Waals surface area contributed by atoms with E-state index in [0.717, 1.165) is 42.4 Å². The zero-order chi connectivity index (χ0) is 20.1. The van der Waals surface area contributed by atoms with Crippen molar-refractivity contribution < 1.29 is 4.92 Å². The largest absolute Gasteiger partial charge is 0.326 e. The number of fused-ring (bicyclic) bond motifs is 4. The molecule has 0 saturated heterocycles. The molecule has 2 heterocycles. The molecule has 0 atom stereocenters. The lowest BCUT2D eigenvalue weighted by molar-refractivity contribution is -0.385. The van der Waals surface area contributed by atoms with E-state index < -0.39 is 0 Å². The minimum atomic E-state index is -0.279. The van der Waals surface area contributed by atoms with Crippen molar-refractivity contribution in [3.63, 3.8) is 0 Å². The lowest BCUT2D eigenvalue weighted by Crippen LogP contribution is -2.43. The van der Waals surface area contributed by atoms with Crippen LogP contribution in [0.25, 0.3) is 10.8 Å². The van der Waals surface area contributed by atoms with Gasteiger partial charge in [0.05, 0.1) is 23.0 Å². The summed E-state index contributed by atoms with van der Waals surface area (Å²) in [4.78, 5) is 20.3. The summed E-state index contributed by atoms with van der Waals surface area (Å²) in [6.45, 7) is 3.39. The van der Waals surface area contributed by atoms with Crippen LogP contribution in [0, 0.1) is 10.1 Å². The number of rotatable bonds is 4. The SMILES string of the molecule is CN(C)CCN1Cc2cc([N+](=O)[O-])cc3c2N(C1)c1ccc2ccccc2c1S3. The number of benzene rings is 3. The van der Waals surface area contributed by atoms with Crippen LogP contribution in [0.4, 0.5) is 17.1 Å². The number of anilines is 2. The van der Waals surface area contributed by atoms with Gasteiger partial charge in [-0.3, -0.25) is 15.0 Å². The molecule has 0 unspecified atom stereocenters. The summed E-state index contributed by atoms with van der Waals surface area (Å²) in [7, 11) is 4.14. The molecule has 5 rings (SSSR count). The topological polar surface area (TPSA) is 52.9 Å². The van der Waals surface area contributed by atoms with Gasteiger partial charge in [-0.1, -0.05) is 42.1 Å². The third-order valence-electron chi connectivity index (χ3n) is 5.58. The Morgan fingerprint density at radius 2 is 2.00 bits per heavy atom. The molecule has 6 nitrogen and oxygen atoms in total. The van der Waals surface area contributed by atoms with E-state index in [9.17, 15) is 10.1 Å². The fourth-order valence-corrected chi connectivity index (χ4v) is 5.49. The molecule has 0 saturated carbocycles. The summed E-state index contributed by atoms with van der Waals surface area (Å²) >= 11 is 1.66. The van der Waals surface area contributed by atoms with Gasteiger partial charge >= 0.3 is 0 Å². The summed E-state index contributed by atoms with van der Waals surface area (Å²) in [5.74, 6) is 0. The highest BCUT2D eigenvalue weighted by Gasteiger charge is 2.34. The summed E-state index contributed by atoms with van der Waals surface area (Å²) in [6.07, 6.45) is 0. The molecule has 2 aliphatic rings. The third kappa shape index (κ3) is 3.15. The Labute approximate surface area is 173 Å². The first-order valence-electron chi connectivity index (χ1n) is 9.67. The van der Waals surface area contributed by atoms with Crippen molar-refractivity contribution >= 4 is 39.6 Å². The van der Waals surface area contributed by atoms with Gasteiger partial charge in [-0.25, -0.2) is 0 Å². The van der Waals surface area contributed by atoms with Crippen molar-refractivity contribution in [2.75, 3.05) is 38.8 Å². The predicted octanol–water partition coefficient (Wildman–Crippen LogP) is 4.69. The summed E-state index contributed by atoms with van der Waals surface area (Å²) in [5.41, 5.74) is 3.52. The van der Waals surface area contributed by atoms with Crippen LogP contribution in [-0.2, 0) is 6.54 Å². The molecule has 3 aromatic carbocycles. The van der Waals surface area contributed by atoms with E-state index in [1.54, 1.807) is 23.9 Å². The molecule has 148 valence electrons. The molecule has 0 spiro atoms. The van der Waals surface area contributed by atoms with Crippen molar-refractivity contribution in [1.29, 1.82) is 0 Å². The summed E-state index contributed by atoms with van der Waals surface area (Å²) in [6, 6.07) is 16.2. The Kier molecular flexibility index (Phi) is 4.46. The van der Waals surface area contributed by atoms with Gasteiger partial charge in [0.25, 0.3) is 5.69 Å². The monoisotopic (exact) mass is 406 g/mol. The van der Waals surface area contributed by atoms with Crippen LogP contribution in [0.1, 0.15) is 5.56 Å². The Morgan fingerprint density at radius 3 is 2.79 bits per heavy atom. The van der Waals surface area contributed by atoms with Crippen LogP contribution in [0.5, 0.6) is 0 Å². The van der Waals surface area contributed by atoms with E-state index >= 15 is 0 Å². The average Bonchev–Trinajstić information content (AvgIpc) is 2.71. The standard InChI is InChI=1S/C22H22N4O2S/c1-23(2)9-10-24-13-16-11-17(26(27)28)12-20-21(16)25(14-24)19-8-7-15-5-3-4-6-18(15)22(19)29-20/h3-8,11-12H,9-10,13-14H2,1-2H3. The number of nitro benzene ring substituents is 1. The number of hydrogen-bond donors (Lipinski definition) is 0. The molecule has 0 amide bonds. The minimum absolute atomic E-state index is 0.171. The zero-order valence-corrected chi connectivity index (χ0v) is 17.3. The number of likely N-dealkylation sites (N-methyl/N-ethyl adjacent to an activating group) is 1. The van der Waals surface area contributed by atoms with E-state index in [1.807, 2.05) is 6.07 Å². The maximum absolute atomic E-state index is 11.6. The average molecular weight is 407 g/mol. The molecule has 3 aromatic rings. The van der Waals surface area contributed by atoms with E-state index in [0.29, 0.717) is 0 Å². The molecule has 7 heteroatoms. The van der Waals surface area contributed by atoms with Crippen LogP contribution in [0.3, 0.4) is 0 Å². The highest BCUT2D eigenvalue weighted by molar-refractivity contribution is 8.00. The highest BCUT2D eigenvalue weighted by atomic mass is 32.2. The van der Waals surface area contributed by atoms with Crippen LogP contribution in [0.2, 0.25) is 0 Å². The second-order valence-corrected chi connectivity index (χ2v) is 8.92. The van der Waals surface area contributed by atoms with Crippen molar-refractivity contribution in [2.45, 2.75) is 16.3 Å². The van der Waals surface area contributed by atoms with Gasteiger partial charge in [0, 0.05) is 41.6 Å². The van der Waals surface area contributed by atoms with Crippen LogP contribution < -0.4 is 4.90 Å². The molecular weight excluding hydrogens is 384 g/mol. The summed E-state index contributed by atoms with van der Waals surface area (Å²) < 4.78 is 0. The molecular formula is C22H22N4O2S. The van der Waals surface area contributed by atoms with Crippen molar-refractivity contribution in [3.05, 3.63) is 64.2 Å². The number of non-ortho nitro benzene ring substituents is 1. The first-order valence-corrected chi connectivity index (χ1v) is 10.5. The predicted molar refractivity (Wildman–Crippen MR) is 117 cm³/mol. The molecule has 0 aliphatic carbocycles. The van der Waals surface area contributed by atoms with Gasteiger partial charge < -0.3 is 9.80 Å². The minimum Gasteiger partial charge on any atom is -0.326 e. The fraction of sp³-hybridized carbons (Fsp3) is 0.273. The Bertz CT molecular complexity index is 1130. The van der Waals surface area contributed by atoms with Gasteiger partial charge in [0.1, 0.15) is 0 Å². The lowest BCUT2D eigenvalue weighted by atomic mass is 10.0. The molecule has 2 aliphatic heterocycles. The van der Waals surface area contributed by atoms with Gasteiger partial charge in [-0.2, -0.15) is 0 Å². The normalized spacial score (nSPS) is 15.5. The first-order chi connectivity index (χ1) is 14.0. The Balaban J connectivity index is 1.67. The number of nitro groups is 1. The Hall–Kier alpha value is -2.61. The quantitative estimate of drug-likeness (QED) is 0.463. The van der Waals surface area contributed by atoms with E-state index in [4.69, 9.17) is 0 Å². The van der Waals surface area contributed by atoms with Crippen molar-refractivity contribution in [3.8, 4) is 0 Å². The zero-order valence-electron chi connectivity index (χ0n) is 16.5. The van der Waals surface area contributed by atoms with Crippen LogP contribution in [0.15, 0.2) is 58.3 Å². The lowest BCUT2D eigenvalue weighted by Gasteiger charge is -2.42. The molecule has 0 aromatic heterocycles. The van der Waals surface area contributed by atoms with E-state index in [-0.39, 0.29) is 10.6 Å². The van der Waals surface area contributed by atoms with Gasteiger partial charge in [0.2, 0.25) is 0 Å². The molecule has 0 fully saturated rings. The summed E-state index contributed by atoms with van der Waals surface area (Å²) in [5, 5.41) is 14.0. The third-order valence-corrected chi connectivity index (χ3v) is 6.74. The van der Waals surface area contributed by atoms with Crippen LogP contribution >= 0.6 is 11.8 Å². The second-order valence-electron chi connectivity index (χ2n) is 7.87. The molecule has 29 heavy (non-hydrogen) atoms. The van der Waals surface area contributed by atoms with Gasteiger partial charge in [-0.15, -0.1) is 0 Å². The van der Waals surface area contributed by atoms with E-state index in [2.05, 4.69) is 59.1 Å². The fourth-order valence-electron chi connectivity index (χ4n) is 4.17. The Morgan fingerprint density at radius 1 is 1.17 bits per heavy atom. The molecule has 0 N–H and O–H groups in total. The number of nitrogens with zero attached hydrogens (tertiary/aromatic N) is 4. The second kappa shape index (κ2) is 7.02. The van der Waals surface area contributed by atoms with Crippen LogP contribution in [-0.4, -0.2) is 48.6 Å². The van der Waals surface area contributed by atoms with E-state index in [1.165, 1.54) is 21.4 Å². The van der Waals surface area contributed by atoms with Crippen molar-refractivity contribution in [1.82, 2.24) is 9.80 Å². The first kappa shape index (κ1) is 18.4. The highest BCUT2D eigenvalue weighted by Crippen LogP contribution is 2.54.